The van der Waals surface area contributed by atoms with E-state index in [0.717, 1.165) is 17.8 Å². The van der Waals surface area contributed by atoms with E-state index in [9.17, 15) is 4.79 Å². The number of hydrogen-bond acceptors (Lipinski definition) is 2. The van der Waals surface area contributed by atoms with E-state index >= 15 is 0 Å². The van der Waals surface area contributed by atoms with Gasteiger partial charge in [-0.2, -0.15) is 0 Å². The first kappa shape index (κ1) is 16.1. The fraction of sp³-hybridized carbons (Fsp3) is 0.938. The molecule has 3 nitrogen and oxygen atoms in total. The molecule has 4 bridgehead atoms. The molecule has 0 atom stereocenters. The van der Waals surface area contributed by atoms with Crippen LogP contribution in [0.1, 0.15) is 59.3 Å². The largest absolute Gasteiger partial charge is 1.00 e. The first-order valence-corrected chi connectivity index (χ1v) is 7.90. The fourth-order valence-corrected chi connectivity index (χ4v) is 4.95. The molecule has 0 radical (unpaired) electrons. The molecule has 2 N–H and O–H groups in total. The van der Waals surface area contributed by atoms with Crippen LogP contribution in [0, 0.1) is 17.8 Å². The third-order valence-electron chi connectivity index (χ3n) is 5.22. The van der Waals surface area contributed by atoms with Gasteiger partial charge in [0.25, 0.3) is 0 Å². The van der Waals surface area contributed by atoms with Gasteiger partial charge in [0, 0.05) is 11.1 Å². The van der Waals surface area contributed by atoms with Gasteiger partial charge in [0.15, 0.2) is 0 Å². The molecule has 20 heavy (non-hydrogen) atoms. The Bertz CT molecular complexity index is 340. The van der Waals surface area contributed by atoms with E-state index in [1.54, 1.807) is 0 Å². The van der Waals surface area contributed by atoms with Crippen molar-refractivity contribution in [3.05, 3.63) is 0 Å². The van der Waals surface area contributed by atoms with Crippen molar-refractivity contribution in [1.29, 1.82) is 0 Å². The summed E-state index contributed by atoms with van der Waals surface area (Å²) < 4.78 is 0. The average molecular weight is 300 g/mol. The van der Waals surface area contributed by atoms with Crippen LogP contribution in [0.3, 0.4) is 0 Å². The van der Waals surface area contributed by atoms with Crippen LogP contribution in [0.2, 0.25) is 0 Å². The molecule has 0 aromatic carbocycles. The van der Waals surface area contributed by atoms with Gasteiger partial charge in [0.2, 0.25) is 5.91 Å². The Morgan fingerprint density at radius 2 is 1.50 bits per heavy atom. The molecule has 1 amide bonds. The summed E-state index contributed by atoms with van der Waals surface area (Å²) >= 11 is 0. The van der Waals surface area contributed by atoms with Crippen molar-refractivity contribution in [2.45, 2.75) is 70.4 Å². The van der Waals surface area contributed by atoms with Crippen molar-refractivity contribution in [3.63, 3.8) is 0 Å². The van der Waals surface area contributed by atoms with E-state index in [1.807, 2.05) is 0 Å². The maximum Gasteiger partial charge on any atom is 0.234 e. The highest BCUT2D eigenvalue weighted by atomic mass is 35.5. The zero-order valence-electron chi connectivity index (χ0n) is 13.0. The summed E-state index contributed by atoms with van der Waals surface area (Å²) in [5, 5.41) is 6.69. The van der Waals surface area contributed by atoms with Crippen LogP contribution in [0.25, 0.3) is 0 Å². The second kappa shape index (κ2) is 5.49. The van der Waals surface area contributed by atoms with Gasteiger partial charge in [-0.3, -0.25) is 4.79 Å². The smallest absolute Gasteiger partial charge is 0.234 e. The number of carbonyl (C=O) groups excluding carboxylic acids is 1. The SMILES string of the molecule is CC(C)(C)NCC(=O)NC12CC3CC(CC(C3)C1)C2.[Cl-]. The Balaban J connectivity index is 0.00000147. The number of rotatable bonds is 3. The summed E-state index contributed by atoms with van der Waals surface area (Å²) in [7, 11) is 0. The van der Waals surface area contributed by atoms with Gasteiger partial charge >= 0.3 is 0 Å². The van der Waals surface area contributed by atoms with E-state index in [-0.39, 0.29) is 29.4 Å². The monoisotopic (exact) mass is 299 g/mol. The van der Waals surface area contributed by atoms with Gasteiger partial charge in [0.05, 0.1) is 6.54 Å². The average Bonchev–Trinajstić information content (AvgIpc) is 2.22. The second-order valence-electron chi connectivity index (χ2n) is 8.35. The molecular formula is C16H28ClN2O-. The Kier molecular flexibility index (Phi) is 4.42. The number of carbonyl (C=O) groups is 1. The Labute approximate surface area is 129 Å². The maximum atomic E-state index is 12.2. The summed E-state index contributed by atoms with van der Waals surface area (Å²) in [6, 6.07) is 0. The van der Waals surface area contributed by atoms with Gasteiger partial charge in [-0.1, -0.05) is 0 Å². The van der Waals surface area contributed by atoms with Crippen molar-refractivity contribution < 1.29 is 17.2 Å². The van der Waals surface area contributed by atoms with Crippen molar-refractivity contribution in [1.82, 2.24) is 10.6 Å². The lowest BCUT2D eigenvalue weighted by molar-refractivity contribution is -0.126. The molecule has 0 aromatic rings. The number of nitrogens with one attached hydrogen (secondary N) is 2. The molecule has 4 saturated carbocycles. The molecule has 0 aliphatic heterocycles. The summed E-state index contributed by atoms with van der Waals surface area (Å²) in [4.78, 5) is 12.2. The minimum Gasteiger partial charge on any atom is -1.00 e. The molecule has 0 aromatic heterocycles. The lowest BCUT2D eigenvalue weighted by Crippen LogP contribution is -3.00. The molecule has 4 aliphatic carbocycles. The molecule has 0 saturated heterocycles. The van der Waals surface area contributed by atoms with Crippen molar-refractivity contribution in [2.24, 2.45) is 17.8 Å². The Morgan fingerprint density at radius 3 is 1.90 bits per heavy atom. The minimum atomic E-state index is 0. The first-order chi connectivity index (χ1) is 8.84. The Hall–Kier alpha value is -0.280. The molecule has 4 heteroatoms. The van der Waals surface area contributed by atoms with E-state index in [4.69, 9.17) is 0 Å². The highest BCUT2D eigenvalue weighted by Crippen LogP contribution is 2.55. The van der Waals surface area contributed by atoms with E-state index in [1.165, 1.54) is 38.5 Å². The van der Waals surface area contributed by atoms with Crippen molar-refractivity contribution in [2.75, 3.05) is 6.54 Å². The minimum absolute atomic E-state index is 0. The van der Waals surface area contributed by atoms with Gasteiger partial charge < -0.3 is 23.0 Å². The van der Waals surface area contributed by atoms with Crippen molar-refractivity contribution in [3.8, 4) is 0 Å². The van der Waals surface area contributed by atoms with Gasteiger partial charge in [0.1, 0.15) is 0 Å². The molecule has 4 fully saturated rings. The first-order valence-electron chi connectivity index (χ1n) is 7.90. The van der Waals surface area contributed by atoms with Crippen LogP contribution < -0.4 is 23.0 Å². The van der Waals surface area contributed by atoms with Crippen LogP contribution in [0.5, 0.6) is 0 Å². The quantitative estimate of drug-likeness (QED) is 0.735. The molecular weight excluding hydrogens is 272 g/mol. The number of halogens is 1. The predicted molar refractivity (Wildman–Crippen MR) is 76.8 cm³/mol. The molecule has 4 rings (SSSR count). The van der Waals surface area contributed by atoms with E-state index < -0.39 is 0 Å². The standard InChI is InChI=1S/C16H28N2O.ClH/c1-15(2,3)17-10-14(19)18-16-7-11-4-12(8-16)6-13(5-11)9-16;/h11-13,17H,4-10H2,1-3H3,(H,18,19);1H/p-1. The summed E-state index contributed by atoms with van der Waals surface area (Å²) in [5.74, 6) is 2.86. The summed E-state index contributed by atoms with van der Waals surface area (Å²) in [6.07, 6.45) is 7.99. The maximum absolute atomic E-state index is 12.2. The summed E-state index contributed by atoms with van der Waals surface area (Å²) in [5.41, 5.74) is 0.171. The lowest BCUT2D eigenvalue weighted by Gasteiger charge is -2.57. The number of amides is 1. The van der Waals surface area contributed by atoms with E-state index in [0.29, 0.717) is 6.54 Å². The Morgan fingerprint density at radius 1 is 1.05 bits per heavy atom. The van der Waals surface area contributed by atoms with Crippen LogP contribution in [-0.4, -0.2) is 23.5 Å². The highest BCUT2D eigenvalue weighted by molar-refractivity contribution is 5.79. The zero-order chi connectivity index (χ0) is 13.7. The third-order valence-corrected chi connectivity index (χ3v) is 5.22. The molecule has 4 aliphatic rings. The predicted octanol–water partition coefficient (Wildman–Crippen LogP) is -0.536. The number of hydrogen-bond donors (Lipinski definition) is 2. The normalized spacial score (nSPS) is 38.5. The van der Waals surface area contributed by atoms with Gasteiger partial charge in [-0.25, -0.2) is 0 Å². The molecule has 0 heterocycles. The van der Waals surface area contributed by atoms with Gasteiger partial charge in [-0.15, -0.1) is 0 Å². The van der Waals surface area contributed by atoms with E-state index in [2.05, 4.69) is 31.4 Å². The van der Waals surface area contributed by atoms with Gasteiger partial charge in [-0.05, 0) is 77.0 Å². The summed E-state index contributed by atoms with van der Waals surface area (Å²) in [6.45, 7) is 6.76. The van der Waals surface area contributed by atoms with Crippen LogP contribution in [0.4, 0.5) is 0 Å². The third kappa shape index (κ3) is 3.48. The molecule has 116 valence electrons. The van der Waals surface area contributed by atoms with Crippen LogP contribution in [-0.2, 0) is 4.79 Å². The molecule has 0 spiro atoms. The van der Waals surface area contributed by atoms with Crippen LogP contribution in [0.15, 0.2) is 0 Å². The lowest BCUT2D eigenvalue weighted by atomic mass is 9.53. The zero-order valence-corrected chi connectivity index (χ0v) is 13.7. The topological polar surface area (TPSA) is 41.1 Å². The van der Waals surface area contributed by atoms with Crippen molar-refractivity contribution >= 4 is 5.91 Å². The highest BCUT2D eigenvalue weighted by Gasteiger charge is 2.51. The van der Waals surface area contributed by atoms with Crippen LogP contribution >= 0.6 is 0 Å². The molecule has 0 unspecified atom stereocenters. The fourth-order valence-electron chi connectivity index (χ4n) is 4.95. The second-order valence-corrected chi connectivity index (χ2v) is 8.35.